The summed E-state index contributed by atoms with van der Waals surface area (Å²) in [6.45, 7) is 0.948. The number of rotatable bonds is 5. The van der Waals surface area contributed by atoms with E-state index in [9.17, 15) is 9.59 Å². The van der Waals surface area contributed by atoms with E-state index in [4.69, 9.17) is 0 Å². The molecule has 1 aliphatic carbocycles. The minimum Gasteiger partial charge on any atom is -0.347 e. The van der Waals surface area contributed by atoms with Crippen molar-refractivity contribution < 1.29 is 9.59 Å². The molecule has 1 aromatic rings. The van der Waals surface area contributed by atoms with Gasteiger partial charge < -0.3 is 10.2 Å². The molecule has 0 aromatic carbocycles. The van der Waals surface area contributed by atoms with Crippen LogP contribution in [0.5, 0.6) is 0 Å². The lowest BCUT2D eigenvalue weighted by Gasteiger charge is -2.25. The van der Waals surface area contributed by atoms with Crippen LogP contribution in [0, 0.1) is 5.92 Å². The summed E-state index contributed by atoms with van der Waals surface area (Å²) in [6, 6.07) is 2.30. The number of thiophene rings is 1. The summed E-state index contributed by atoms with van der Waals surface area (Å²) >= 11 is 1.67. The maximum absolute atomic E-state index is 12.5. The predicted molar refractivity (Wildman–Crippen MR) is 92.2 cm³/mol. The molecule has 4 nitrogen and oxygen atoms in total. The minimum absolute atomic E-state index is 0.0385. The van der Waals surface area contributed by atoms with Crippen LogP contribution < -0.4 is 5.32 Å². The molecule has 23 heavy (non-hydrogen) atoms. The van der Waals surface area contributed by atoms with E-state index < -0.39 is 0 Å². The van der Waals surface area contributed by atoms with Gasteiger partial charge in [-0.05, 0) is 54.0 Å². The van der Waals surface area contributed by atoms with Gasteiger partial charge in [0.05, 0.1) is 12.6 Å². The predicted octanol–water partition coefficient (Wildman–Crippen LogP) is 3.50. The van der Waals surface area contributed by atoms with Gasteiger partial charge in [-0.3, -0.25) is 9.59 Å². The van der Waals surface area contributed by atoms with Crippen LogP contribution in [0.2, 0.25) is 0 Å². The molecule has 1 N–H and O–H groups in total. The average molecular weight is 334 g/mol. The van der Waals surface area contributed by atoms with Crippen LogP contribution in [0.15, 0.2) is 16.8 Å². The lowest BCUT2D eigenvalue weighted by Crippen LogP contribution is -2.40. The van der Waals surface area contributed by atoms with Crippen molar-refractivity contribution in [2.75, 3.05) is 13.1 Å². The van der Waals surface area contributed by atoms with Gasteiger partial charge in [-0.1, -0.05) is 19.3 Å². The van der Waals surface area contributed by atoms with E-state index in [1.165, 1.54) is 24.8 Å². The lowest BCUT2D eigenvalue weighted by molar-refractivity contribution is -0.133. The molecule has 1 atom stereocenters. The van der Waals surface area contributed by atoms with E-state index in [0.717, 1.165) is 32.2 Å². The molecule has 0 bridgehead atoms. The van der Waals surface area contributed by atoms with E-state index in [0.29, 0.717) is 12.3 Å². The second-order valence-corrected chi connectivity index (χ2v) is 7.57. The summed E-state index contributed by atoms with van der Waals surface area (Å²) in [5.41, 5.74) is 1.23. The Hall–Kier alpha value is -1.36. The Labute approximate surface area is 142 Å². The van der Waals surface area contributed by atoms with Crippen molar-refractivity contribution in [3.8, 4) is 0 Å². The van der Waals surface area contributed by atoms with Gasteiger partial charge in [-0.25, -0.2) is 0 Å². The van der Waals surface area contributed by atoms with Crippen LogP contribution in [-0.2, 0) is 9.59 Å². The van der Waals surface area contributed by atoms with Crippen LogP contribution in [0.4, 0.5) is 0 Å². The third kappa shape index (κ3) is 4.34. The fourth-order valence-electron chi connectivity index (χ4n) is 3.88. The van der Waals surface area contributed by atoms with E-state index in [2.05, 4.69) is 22.1 Å². The molecule has 2 heterocycles. The molecule has 2 amide bonds. The van der Waals surface area contributed by atoms with Gasteiger partial charge in [0, 0.05) is 13.0 Å². The quantitative estimate of drug-likeness (QED) is 0.896. The summed E-state index contributed by atoms with van der Waals surface area (Å²) in [5.74, 6) is 0.608. The largest absolute Gasteiger partial charge is 0.347 e. The molecule has 126 valence electrons. The second kappa shape index (κ2) is 7.95. The monoisotopic (exact) mass is 334 g/mol. The number of amides is 2. The smallest absolute Gasteiger partial charge is 0.242 e. The number of nitrogens with one attached hydrogen (secondary N) is 1. The zero-order valence-electron chi connectivity index (χ0n) is 13.6. The van der Waals surface area contributed by atoms with Crippen molar-refractivity contribution in [3.63, 3.8) is 0 Å². The molecule has 1 saturated carbocycles. The van der Waals surface area contributed by atoms with E-state index >= 15 is 0 Å². The van der Waals surface area contributed by atoms with Gasteiger partial charge in [0.2, 0.25) is 11.8 Å². The van der Waals surface area contributed by atoms with Gasteiger partial charge in [-0.2, -0.15) is 11.3 Å². The summed E-state index contributed by atoms with van der Waals surface area (Å²) in [5, 5.41) is 7.03. The topological polar surface area (TPSA) is 49.4 Å². The van der Waals surface area contributed by atoms with E-state index in [-0.39, 0.29) is 24.4 Å². The summed E-state index contributed by atoms with van der Waals surface area (Å²) < 4.78 is 0. The standard InChI is InChI=1S/C18H26N2O2S/c21-17(11-14-5-2-1-3-6-14)19-12-18(22)20-9-4-7-16(20)15-8-10-23-13-15/h8,10,13-14,16H,1-7,9,11-12H2,(H,19,21)/t16-/m1/s1. The first-order valence-electron chi connectivity index (χ1n) is 8.82. The maximum atomic E-state index is 12.5. The van der Waals surface area contributed by atoms with Gasteiger partial charge >= 0.3 is 0 Å². The molecule has 0 unspecified atom stereocenters. The summed E-state index contributed by atoms with van der Waals surface area (Å²) in [6.07, 6.45) is 8.76. The first-order valence-corrected chi connectivity index (χ1v) is 9.76. The van der Waals surface area contributed by atoms with Crippen LogP contribution >= 0.6 is 11.3 Å². The van der Waals surface area contributed by atoms with Gasteiger partial charge in [0.1, 0.15) is 0 Å². The molecule has 0 spiro atoms. The fourth-order valence-corrected chi connectivity index (χ4v) is 4.58. The summed E-state index contributed by atoms with van der Waals surface area (Å²) in [7, 11) is 0. The molecular formula is C18H26N2O2S. The second-order valence-electron chi connectivity index (χ2n) is 6.79. The molecule has 2 fully saturated rings. The van der Waals surface area contributed by atoms with Crippen molar-refractivity contribution in [2.24, 2.45) is 5.92 Å². The normalized spacial score (nSPS) is 22.3. The molecule has 2 aliphatic rings. The lowest BCUT2D eigenvalue weighted by atomic mass is 9.87. The molecular weight excluding hydrogens is 308 g/mol. The maximum Gasteiger partial charge on any atom is 0.242 e. The first-order chi connectivity index (χ1) is 11.2. The van der Waals surface area contributed by atoms with Gasteiger partial charge in [-0.15, -0.1) is 0 Å². The highest BCUT2D eigenvalue weighted by atomic mass is 32.1. The van der Waals surface area contributed by atoms with Crippen LogP contribution in [0.1, 0.15) is 63.0 Å². The number of hydrogen-bond donors (Lipinski definition) is 1. The fraction of sp³-hybridized carbons (Fsp3) is 0.667. The molecule has 3 rings (SSSR count). The number of hydrogen-bond acceptors (Lipinski definition) is 3. The highest BCUT2D eigenvalue weighted by molar-refractivity contribution is 7.07. The van der Waals surface area contributed by atoms with E-state index in [1.54, 1.807) is 11.3 Å². The number of nitrogens with zero attached hydrogens (tertiary/aromatic N) is 1. The van der Waals surface area contributed by atoms with Crippen molar-refractivity contribution in [1.29, 1.82) is 0 Å². The molecule has 0 radical (unpaired) electrons. The number of carbonyl (C=O) groups excluding carboxylic acids is 2. The Balaban J connectivity index is 1.46. The van der Waals surface area contributed by atoms with E-state index in [1.807, 2.05) is 4.90 Å². The first kappa shape index (κ1) is 16.5. The Kier molecular flexibility index (Phi) is 5.70. The van der Waals surface area contributed by atoms with Crippen molar-refractivity contribution in [3.05, 3.63) is 22.4 Å². The Morgan fingerprint density at radius 1 is 1.17 bits per heavy atom. The molecule has 1 aromatic heterocycles. The Morgan fingerprint density at radius 3 is 2.74 bits per heavy atom. The van der Waals surface area contributed by atoms with Crippen LogP contribution in [0.3, 0.4) is 0 Å². The van der Waals surface area contributed by atoms with Crippen LogP contribution in [0.25, 0.3) is 0 Å². The van der Waals surface area contributed by atoms with Crippen molar-refractivity contribution in [1.82, 2.24) is 10.2 Å². The van der Waals surface area contributed by atoms with Gasteiger partial charge in [0.15, 0.2) is 0 Å². The molecule has 5 heteroatoms. The third-order valence-corrected chi connectivity index (χ3v) is 5.84. The van der Waals surface area contributed by atoms with Crippen LogP contribution in [-0.4, -0.2) is 29.8 Å². The number of likely N-dealkylation sites (tertiary alicyclic amines) is 1. The molecule has 1 saturated heterocycles. The highest BCUT2D eigenvalue weighted by Crippen LogP contribution is 2.33. The van der Waals surface area contributed by atoms with Gasteiger partial charge in [0.25, 0.3) is 0 Å². The zero-order chi connectivity index (χ0) is 16.1. The Morgan fingerprint density at radius 2 is 2.00 bits per heavy atom. The Bertz CT molecular complexity index is 523. The zero-order valence-corrected chi connectivity index (χ0v) is 14.4. The SMILES string of the molecule is O=C(CC1CCCCC1)NCC(=O)N1CCC[C@@H]1c1ccsc1. The highest BCUT2D eigenvalue weighted by Gasteiger charge is 2.30. The summed E-state index contributed by atoms with van der Waals surface area (Å²) in [4.78, 5) is 26.5. The number of carbonyl (C=O) groups is 2. The van der Waals surface area contributed by atoms with Crippen molar-refractivity contribution in [2.45, 2.75) is 57.4 Å². The van der Waals surface area contributed by atoms with Crippen molar-refractivity contribution >= 4 is 23.2 Å². The average Bonchev–Trinajstić information content (AvgIpc) is 3.24. The minimum atomic E-state index is 0.0385. The third-order valence-electron chi connectivity index (χ3n) is 5.14. The molecule has 1 aliphatic heterocycles.